The number of fused-ring (bicyclic) bond motifs is 3. The molecule has 2 aliphatic rings. The van der Waals surface area contributed by atoms with Crippen molar-refractivity contribution in [1.29, 1.82) is 0 Å². The average Bonchev–Trinajstić information content (AvgIpc) is 3.08. The number of benzene rings is 2. The first kappa shape index (κ1) is 21.9. The van der Waals surface area contributed by atoms with Gasteiger partial charge >= 0.3 is 12.1 Å². The zero-order valence-electron chi connectivity index (χ0n) is 18.1. The maximum Gasteiger partial charge on any atom is 0.407 e. The number of ether oxygens (including phenoxy) is 1. The zero-order chi connectivity index (χ0) is 22.7. The quantitative estimate of drug-likeness (QED) is 0.587. The van der Waals surface area contributed by atoms with Crippen LogP contribution in [0.25, 0.3) is 11.1 Å². The van der Waals surface area contributed by atoms with Crippen molar-refractivity contribution in [2.24, 2.45) is 11.3 Å². The number of alkyl carbamates (subject to hydrolysis) is 1. The van der Waals surface area contributed by atoms with Crippen molar-refractivity contribution < 1.29 is 24.2 Å². The van der Waals surface area contributed by atoms with Crippen molar-refractivity contribution in [2.45, 2.75) is 32.1 Å². The summed E-state index contributed by atoms with van der Waals surface area (Å²) in [6, 6.07) is 16.2. The van der Waals surface area contributed by atoms with Gasteiger partial charge in [0, 0.05) is 19.0 Å². The van der Waals surface area contributed by atoms with Crippen LogP contribution >= 0.6 is 0 Å². The van der Waals surface area contributed by atoms with Crippen LogP contribution in [0.2, 0.25) is 0 Å². The van der Waals surface area contributed by atoms with Crippen LogP contribution in [-0.2, 0) is 14.3 Å². The summed E-state index contributed by atoms with van der Waals surface area (Å²) in [5.41, 5.74) is 3.76. The van der Waals surface area contributed by atoms with E-state index in [9.17, 15) is 19.5 Å². The average molecular weight is 437 g/mol. The van der Waals surface area contributed by atoms with E-state index in [1.165, 1.54) is 0 Å². The number of rotatable bonds is 8. The van der Waals surface area contributed by atoms with Gasteiger partial charge < -0.3 is 20.5 Å². The summed E-state index contributed by atoms with van der Waals surface area (Å²) in [5.74, 6) is -1.67. The van der Waals surface area contributed by atoms with Crippen LogP contribution in [0, 0.1) is 11.3 Å². The molecule has 168 valence electrons. The molecular weight excluding hydrogens is 408 g/mol. The van der Waals surface area contributed by atoms with E-state index < -0.39 is 23.4 Å². The van der Waals surface area contributed by atoms with E-state index in [0.717, 1.165) is 28.7 Å². The highest BCUT2D eigenvalue weighted by atomic mass is 16.5. The molecule has 1 fully saturated rings. The Morgan fingerprint density at radius 1 is 1.03 bits per heavy atom. The Morgan fingerprint density at radius 2 is 1.62 bits per heavy atom. The second-order valence-electron chi connectivity index (χ2n) is 8.76. The second-order valence-corrected chi connectivity index (χ2v) is 8.76. The number of hydrogen-bond donors (Lipinski definition) is 3. The molecule has 2 amide bonds. The second kappa shape index (κ2) is 9.02. The molecule has 2 aromatic rings. The first-order valence-electron chi connectivity index (χ1n) is 11.0. The minimum Gasteiger partial charge on any atom is -0.481 e. The van der Waals surface area contributed by atoms with Crippen LogP contribution in [0.3, 0.4) is 0 Å². The highest BCUT2D eigenvalue weighted by Crippen LogP contribution is 2.44. The Kier molecular flexibility index (Phi) is 6.17. The standard InChI is InChI=1S/C25H28N2O5/c1-16(22(28)27-15-25(23(29)30)11-6-12-25)13-26-24(31)32-14-21-19-9-4-2-7-17(19)18-8-3-5-10-20(18)21/h2-5,7-10,16,21H,6,11-15H2,1H3,(H,26,31)(H,27,28)(H,29,30). The van der Waals surface area contributed by atoms with Crippen molar-refractivity contribution >= 4 is 18.0 Å². The van der Waals surface area contributed by atoms with E-state index in [-0.39, 0.29) is 31.5 Å². The molecule has 0 aliphatic heterocycles. The molecule has 0 saturated heterocycles. The van der Waals surface area contributed by atoms with Crippen LogP contribution in [0.15, 0.2) is 48.5 Å². The molecule has 4 rings (SSSR count). The Hall–Kier alpha value is -3.35. The number of nitrogens with one attached hydrogen (secondary N) is 2. The van der Waals surface area contributed by atoms with Crippen LogP contribution < -0.4 is 10.6 Å². The maximum absolute atomic E-state index is 12.3. The highest BCUT2D eigenvalue weighted by Gasteiger charge is 2.44. The number of hydrogen-bond acceptors (Lipinski definition) is 4. The Labute approximate surface area is 187 Å². The van der Waals surface area contributed by atoms with Crippen molar-refractivity contribution in [1.82, 2.24) is 10.6 Å². The predicted molar refractivity (Wildman–Crippen MR) is 119 cm³/mol. The fraction of sp³-hybridized carbons (Fsp3) is 0.400. The summed E-state index contributed by atoms with van der Waals surface area (Å²) in [7, 11) is 0. The van der Waals surface area contributed by atoms with Crippen LogP contribution in [0.1, 0.15) is 43.2 Å². The molecule has 2 aromatic carbocycles. The molecule has 0 heterocycles. The molecule has 1 unspecified atom stereocenters. The predicted octanol–water partition coefficient (Wildman–Crippen LogP) is 3.53. The van der Waals surface area contributed by atoms with Gasteiger partial charge in [0.2, 0.25) is 5.91 Å². The third-order valence-corrected chi connectivity index (χ3v) is 6.71. The molecule has 1 atom stereocenters. The van der Waals surface area contributed by atoms with Gasteiger partial charge in [-0.05, 0) is 35.1 Å². The van der Waals surface area contributed by atoms with Crippen LogP contribution in [0.5, 0.6) is 0 Å². The van der Waals surface area contributed by atoms with Gasteiger partial charge in [-0.2, -0.15) is 0 Å². The SMILES string of the molecule is CC(CNC(=O)OCC1c2ccccc2-c2ccccc21)C(=O)NCC1(C(=O)O)CCC1. The van der Waals surface area contributed by atoms with Gasteiger partial charge in [-0.1, -0.05) is 61.9 Å². The number of carbonyl (C=O) groups is 3. The summed E-state index contributed by atoms with van der Waals surface area (Å²) in [4.78, 5) is 36.0. The van der Waals surface area contributed by atoms with E-state index in [4.69, 9.17) is 4.74 Å². The Balaban J connectivity index is 1.26. The van der Waals surface area contributed by atoms with Crippen molar-refractivity contribution in [3.63, 3.8) is 0 Å². The fourth-order valence-corrected chi connectivity index (χ4v) is 4.48. The van der Waals surface area contributed by atoms with Gasteiger partial charge in [0.1, 0.15) is 6.61 Å². The molecule has 2 aliphatic carbocycles. The van der Waals surface area contributed by atoms with E-state index in [1.807, 2.05) is 24.3 Å². The zero-order valence-corrected chi connectivity index (χ0v) is 18.1. The van der Waals surface area contributed by atoms with E-state index in [2.05, 4.69) is 34.9 Å². The Bertz CT molecular complexity index is 985. The smallest absolute Gasteiger partial charge is 0.407 e. The van der Waals surface area contributed by atoms with Gasteiger partial charge in [-0.25, -0.2) is 4.79 Å². The summed E-state index contributed by atoms with van der Waals surface area (Å²) in [6.45, 7) is 2.13. The van der Waals surface area contributed by atoms with Crippen molar-refractivity contribution in [2.75, 3.05) is 19.7 Å². The number of carboxylic acids is 1. The van der Waals surface area contributed by atoms with Crippen LogP contribution in [-0.4, -0.2) is 42.8 Å². The summed E-state index contributed by atoms with van der Waals surface area (Å²) < 4.78 is 5.48. The van der Waals surface area contributed by atoms with E-state index in [1.54, 1.807) is 6.92 Å². The fourth-order valence-electron chi connectivity index (χ4n) is 4.48. The molecule has 32 heavy (non-hydrogen) atoms. The first-order valence-corrected chi connectivity index (χ1v) is 11.0. The topological polar surface area (TPSA) is 105 Å². The summed E-state index contributed by atoms with van der Waals surface area (Å²) in [5, 5.41) is 14.7. The van der Waals surface area contributed by atoms with Gasteiger partial charge in [0.25, 0.3) is 0 Å². The lowest BCUT2D eigenvalue weighted by atomic mass is 9.69. The minimum absolute atomic E-state index is 0.0245. The largest absolute Gasteiger partial charge is 0.481 e. The number of carbonyl (C=O) groups excluding carboxylic acids is 2. The van der Waals surface area contributed by atoms with Crippen molar-refractivity contribution in [3.05, 3.63) is 59.7 Å². The Morgan fingerprint density at radius 3 is 2.16 bits per heavy atom. The number of carboxylic acid groups (broad SMARTS) is 1. The maximum atomic E-state index is 12.3. The molecule has 1 saturated carbocycles. The van der Waals surface area contributed by atoms with Gasteiger partial charge in [0.05, 0.1) is 11.3 Å². The number of aliphatic carboxylic acids is 1. The molecule has 3 N–H and O–H groups in total. The summed E-state index contributed by atoms with van der Waals surface area (Å²) in [6.07, 6.45) is 1.44. The molecular formula is C25H28N2O5. The van der Waals surface area contributed by atoms with E-state index >= 15 is 0 Å². The minimum atomic E-state index is -0.867. The van der Waals surface area contributed by atoms with Gasteiger partial charge in [-0.15, -0.1) is 0 Å². The van der Waals surface area contributed by atoms with Gasteiger partial charge in [0.15, 0.2) is 0 Å². The first-order chi connectivity index (χ1) is 15.4. The molecule has 0 aromatic heterocycles. The molecule has 0 radical (unpaired) electrons. The van der Waals surface area contributed by atoms with Crippen LogP contribution in [0.4, 0.5) is 4.79 Å². The highest BCUT2D eigenvalue weighted by molar-refractivity contribution is 5.82. The lowest BCUT2D eigenvalue weighted by Gasteiger charge is -2.37. The lowest BCUT2D eigenvalue weighted by Crippen LogP contribution is -2.49. The summed E-state index contributed by atoms with van der Waals surface area (Å²) >= 11 is 0. The normalized spacial score (nSPS) is 16.8. The van der Waals surface area contributed by atoms with E-state index in [0.29, 0.717) is 12.8 Å². The molecule has 0 spiro atoms. The third-order valence-electron chi connectivity index (χ3n) is 6.71. The third kappa shape index (κ3) is 4.20. The lowest BCUT2D eigenvalue weighted by molar-refractivity contribution is -0.154. The monoisotopic (exact) mass is 436 g/mol. The molecule has 0 bridgehead atoms. The molecule has 7 nitrogen and oxygen atoms in total. The van der Waals surface area contributed by atoms with Crippen molar-refractivity contribution in [3.8, 4) is 11.1 Å². The van der Waals surface area contributed by atoms with Gasteiger partial charge in [-0.3, -0.25) is 9.59 Å². The molecule has 7 heteroatoms. The number of amides is 2.